The molecule has 0 atom stereocenters. The van der Waals surface area contributed by atoms with Gasteiger partial charge in [-0.05, 0) is 44.2 Å². The van der Waals surface area contributed by atoms with Crippen molar-refractivity contribution in [2.75, 3.05) is 26.2 Å². The number of fused-ring (bicyclic) bond motifs is 1. The molecule has 0 saturated carbocycles. The Kier molecular flexibility index (Phi) is 4.63. The van der Waals surface area contributed by atoms with Crippen molar-refractivity contribution < 1.29 is 14.0 Å². The molecule has 1 aliphatic rings. The minimum absolute atomic E-state index is 0.0364. The van der Waals surface area contributed by atoms with Crippen molar-refractivity contribution in [2.45, 2.75) is 20.8 Å². The number of hydrogen-bond donors (Lipinski definition) is 0. The molecule has 28 heavy (non-hydrogen) atoms. The van der Waals surface area contributed by atoms with E-state index in [1.807, 2.05) is 55.1 Å². The first-order valence-corrected chi connectivity index (χ1v) is 9.45. The van der Waals surface area contributed by atoms with Gasteiger partial charge < -0.3 is 14.2 Å². The van der Waals surface area contributed by atoms with Crippen LogP contribution in [0, 0.1) is 13.8 Å². The number of pyridine rings is 1. The second-order valence-electron chi connectivity index (χ2n) is 7.28. The van der Waals surface area contributed by atoms with Gasteiger partial charge in [0, 0.05) is 38.5 Å². The lowest BCUT2D eigenvalue weighted by Gasteiger charge is -2.34. The molecule has 4 rings (SSSR count). The normalized spacial score (nSPS) is 14.5. The van der Waals surface area contributed by atoms with E-state index >= 15 is 0 Å². The van der Waals surface area contributed by atoms with Crippen LogP contribution in [-0.4, -0.2) is 52.8 Å². The molecule has 1 fully saturated rings. The standard InChI is InChI=1S/C22H23N3O3/c1-14-4-6-19-17(12-14)18(13-20(23-19)21-7-5-15(2)28-21)22(27)25-10-8-24(9-11-25)16(3)26/h4-7,12-13H,8-11H2,1-3H3. The van der Waals surface area contributed by atoms with Gasteiger partial charge in [-0.25, -0.2) is 4.98 Å². The zero-order valence-electron chi connectivity index (χ0n) is 16.4. The van der Waals surface area contributed by atoms with Crippen molar-refractivity contribution in [3.63, 3.8) is 0 Å². The fourth-order valence-electron chi connectivity index (χ4n) is 3.61. The first-order valence-electron chi connectivity index (χ1n) is 9.45. The van der Waals surface area contributed by atoms with E-state index in [1.54, 1.807) is 11.8 Å². The SMILES string of the molecule is CC(=O)N1CCN(C(=O)c2cc(-c3ccc(C)o3)nc3ccc(C)cc23)CC1. The summed E-state index contributed by atoms with van der Waals surface area (Å²) in [7, 11) is 0. The number of nitrogens with zero attached hydrogens (tertiary/aromatic N) is 3. The van der Waals surface area contributed by atoms with Crippen LogP contribution < -0.4 is 0 Å². The number of piperazine rings is 1. The van der Waals surface area contributed by atoms with Gasteiger partial charge in [0.05, 0.1) is 11.1 Å². The molecular formula is C22H23N3O3. The molecule has 2 aromatic heterocycles. The lowest BCUT2D eigenvalue weighted by molar-refractivity contribution is -0.130. The molecule has 1 saturated heterocycles. The molecule has 2 amide bonds. The molecule has 0 aliphatic carbocycles. The predicted molar refractivity (Wildman–Crippen MR) is 107 cm³/mol. The van der Waals surface area contributed by atoms with Crippen molar-refractivity contribution in [3.05, 3.63) is 53.3 Å². The molecule has 0 bridgehead atoms. The molecule has 3 aromatic rings. The largest absolute Gasteiger partial charge is 0.460 e. The van der Waals surface area contributed by atoms with Crippen LogP contribution in [0.1, 0.15) is 28.6 Å². The van der Waals surface area contributed by atoms with Crippen molar-refractivity contribution in [3.8, 4) is 11.5 Å². The summed E-state index contributed by atoms with van der Waals surface area (Å²) in [4.78, 5) is 33.2. The summed E-state index contributed by atoms with van der Waals surface area (Å²) in [6, 6.07) is 11.5. The van der Waals surface area contributed by atoms with Crippen LogP contribution in [0.4, 0.5) is 0 Å². The van der Waals surface area contributed by atoms with Gasteiger partial charge >= 0.3 is 0 Å². The highest BCUT2D eigenvalue weighted by Crippen LogP contribution is 2.28. The summed E-state index contributed by atoms with van der Waals surface area (Å²) >= 11 is 0. The summed E-state index contributed by atoms with van der Waals surface area (Å²) < 4.78 is 5.73. The van der Waals surface area contributed by atoms with Crippen LogP contribution in [-0.2, 0) is 4.79 Å². The van der Waals surface area contributed by atoms with E-state index in [4.69, 9.17) is 9.40 Å². The molecule has 1 aromatic carbocycles. The maximum absolute atomic E-state index is 13.4. The number of aryl methyl sites for hydroxylation is 2. The highest BCUT2D eigenvalue weighted by atomic mass is 16.3. The second-order valence-corrected chi connectivity index (χ2v) is 7.28. The zero-order chi connectivity index (χ0) is 19.8. The highest BCUT2D eigenvalue weighted by molar-refractivity contribution is 6.07. The maximum Gasteiger partial charge on any atom is 0.254 e. The minimum atomic E-state index is -0.0364. The summed E-state index contributed by atoms with van der Waals surface area (Å²) in [5.74, 6) is 1.46. The summed E-state index contributed by atoms with van der Waals surface area (Å²) in [6.07, 6.45) is 0. The highest BCUT2D eigenvalue weighted by Gasteiger charge is 2.25. The Hall–Kier alpha value is -3.15. The third kappa shape index (κ3) is 3.38. The quantitative estimate of drug-likeness (QED) is 0.686. The molecule has 6 nitrogen and oxygen atoms in total. The van der Waals surface area contributed by atoms with Crippen LogP contribution in [0.15, 0.2) is 40.8 Å². The first kappa shape index (κ1) is 18.2. The molecule has 0 radical (unpaired) electrons. The fraction of sp³-hybridized carbons (Fsp3) is 0.318. The van der Waals surface area contributed by atoms with E-state index in [0.717, 1.165) is 22.2 Å². The van der Waals surface area contributed by atoms with Gasteiger partial charge in [0.2, 0.25) is 5.91 Å². The topological polar surface area (TPSA) is 66.7 Å². The third-order valence-corrected chi connectivity index (χ3v) is 5.20. The number of hydrogen-bond acceptors (Lipinski definition) is 4. The van der Waals surface area contributed by atoms with Crippen molar-refractivity contribution >= 4 is 22.7 Å². The van der Waals surface area contributed by atoms with E-state index in [-0.39, 0.29) is 11.8 Å². The predicted octanol–water partition coefficient (Wildman–Crippen LogP) is 3.42. The van der Waals surface area contributed by atoms with E-state index in [2.05, 4.69) is 0 Å². The molecule has 6 heteroatoms. The first-order chi connectivity index (χ1) is 13.4. The third-order valence-electron chi connectivity index (χ3n) is 5.20. The smallest absolute Gasteiger partial charge is 0.254 e. The molecule has 0 unspecified atom stereocenters. The average Bonchev–Trinajstić information content (AvgIpc) is 3.13. The van der Waals surface area contributed by atoms with E-state index in [9.17, 15) is 9.59 Å². The Morgan fingerprint density at radius 1 is 0.964 bits per heavy atom. The van der Waals surface area contributed by atoms with Gasteiger partial charge in [0.1, 0.15) is 11.5 Å². The Bertz CT molecular complexity index is 1060. The molecule has 144 valence electrons. The number of carbonyl (C=O) groups is 2. The van der Waals surface area contributed by atoms with Gasteiger partial charge in [-0.3, -0.25) is 9.59 Å². The molecule has 0 spiro atoms. The van der Waals surface area contributed by atoms with E-state index in [0.29, 0.717) is 43.2 Å². The Morgan fingerprint density at radius 2 is 1.68 bits per heavy atom. The Balaban J connectivity index is 1.75. The molecule has 0 N–H and O–H groups in total. The van der Waals surface area contributed by atoms with Crippen LogP contribution in [0.25, 0.3) is 22.4 Å². The Labute approximate surface area is 163 Å². The van der Waals surface area contributed by atoms with Gasteiger partial charge in [-0.2, -0.15) is 0 Å². The summed E-state index contributed by atoms with van der Waals surface area (Å²) in [5.41, 5.74) is 3.11. The number of rotatable bonds is 2. The summed E-state index contributed by atoms with van der Waals surface area (Å²) in [6.45, 7) is 7.64. The number of benzene rings is 1. The number of amides is 2. The lowest BCUT2D eigenvalue weighted by atomic mass is 10.0. The van der Waals surface area contributed by atoms with Crippen LogP contribution >= 0.6 is 0 Å². The van der Waals surface area contributed by atoms with Crippen LogP contribution in [0.3, 0.4) is 0 Å². The van der Waals surface area contributed by atoms with Crippen LogP contribution in [0.5, 0.6) is 0 Å². The Morgan fingerprint density at radius 3 is 2.32 bits per heavy atom. The van der Waals surface area contributed by atoms with Gasteiger partial charge in [-0.1, -0.05) is 11.6 Å². The van der Waals surface area contributed by atoms with E-state index < -0.39 is 0 Å². The summed E-state index contributed by atoms with van der Waals surface area (Å²) in [5, 5.41) is 0.839. The lowest BCUT2D eigenvalue weighted by Crippen LogP contribution is -2.50. The fourth-order valence-corrected chi connectivity index (χ4v) is 3.61. The number of furan rings is 1. The van der Waals surface area contributed by atoms with Gasteiger partial charge in [-0.15, -0.1) is 0 Å². The monoisotopic (exact) mass is 377 g/mol. The maximum atomic E-state index is 13.4. The minimum Gasteiger partial charge on any atom is -0.460 e. The van der Waals surface area contributed by atoms with Crippen molar-refractivity contribution in [1.82, 2.24) is 14.8 Å². The molecular weight excluding hydrogens is 354 g/mol. The van der Waals surface area contributed by atoms with Crippen LogP contribution in [0.2, 0.25) is 0 Å². The number of carbonyl (C=O) groups excluding carboxylic acids is 2. The van der Waals surface area contributed by atoms with E-state index in [1.165, 1.54) is 0 Å². The van der Waals surface area contributed by atoms with Crippen molar-refractivity contribution in [2.24, 2.45) is 0 Å². The average molecular weight is 377 g/mol. The zero-order valence-corrected chi connectivity index (χ0v) is 16.4. The molecule has 3 heterocycles. The second kappa shape index (κ2) is 7.11. The number of aromatic nitrogens is 1. The van der Waals surface area contributed by atoms with Crippen molar-refractivity contribution in [1.29, 1.82) is 0 Å². The van der Waals surface area contributed by atoms with Gasteiger partial charge in [0.15, 0.2) is 5.76 Å². The molecule has 1 aliphatic heterocycles. The van der Waals surface area contributed by atoms with Gasteiger partial charge in [0.25, 0.3) is 5.91 Å².